The zero-order chi connectivity index (χ0) is 14.7. The minimum absolute atomic E-state index is 0.0493. The number of carbonyl (C=O) groups is 1. The lowest BCUT2D eigenvalue weighted by Crippen LogP contribution is -2.32. The van der Waals surface area contributed by atoms with Crippen molar-refractivity contribution in [1.29, 1.82) is 0 Å². The topological polar surface area (TPSA) is 55.1 Å². The van der Waals surface area contributed by atoms with Gasteiger partial charge in [-0.25, -0.2) is 0 Å². The monoisotopic (exact) mass is 290 g/mol. The largest absolute Gasteiger partial charge is 0.397 e. The van der Waals surface area contributed by atoms with Crippen molar-refractivity contribution in [3.8, 4) is 0 Å². The quantitative estimate of drug-likeness (QED) is 0.871. The molecule has 1 aromatic carbocycles. The molecule has 108 valence electrons. The van der Waals surface area contributed by atoms with Crippen LogP contribution in [-0.2, 0) is 0 Å². The summed E-state index contributed by atoms with van der Waals surface area (Å²) in [5.74, 6) is -0.0493. The minimum Gasteiger partial charge on any atom is -0.397 e. The van der Waals surface area contributed by atoms with Crippen molar-refractivity contribution in [2.75, 3.05) is 5.73 Å². The third kappa shape index (κ3) is 2.96. The van der Waals surface area contributed by atoms with Gasteiger partial charge in [-0.2, -0.15) is 0 Å². The van der Waals surface area contributed by atoms with Crippen LogP contribution in [0.25, 0.3) is 10.1 Å². The van der Waals surface area contributed by atoms with Gasteiger partial charge in [0.15, 0.2) is 0 Å². The molecule has 0 aliphatic carbocycles. The Morgan fingerprint density at radius 3 is 2.85 bits per heavy atom. The van der Waals surface area contributed by atoms with Gasteiger partial charge in [-0.1, -0.05) is 38.0 Å². The Morgan fingerprint density at radius 2 is 2.20 bits per heavy atom. The highest BCUT2D eigenvalue weighted by molar-refractivity contribution is 7.21. The minimum atomic E-state index is -0.0493. The van der Waals surface area contributed by atoms with Crippen molar-refractivity contribution in [2.24, 2.45) is 0 Å². The number of nitrogens with one attached hydrogen (secondary N) is 1. The average Bonchev–Trinajstić information content (AvgIpc) is 2.76. The van der Waals surface area contributed by atoms with Crippen molar-refractivity contribution in [2.45, 2.75) is 46.1 Å². The number of anilines is 1. The first kappa shape index (κ1) is 14.9. The van der Waals surface area contributed by atoms with Crippen LogP contribution in [0, 0.1) is 6.92 Å². The van der Waals surface area contributed by atoms with Gasteiger partial charge >= 0.3 is 0 Å². The highest BCUT2D eigenvalue weighted by Crippen LogP contribution is 2.35. The molecule has 0 bridgehead atoms. The van der Waals surface area contributed by atoms with Gasteiger partial charge in [-0.05, 0) is 25.8 Å². The highest BCUT2D eigenvalue weighted by atomic mass is 32.1. The molecule has 1 unspecified atom stereocenters. The van der Waals surface area contributed by atoms with Crippen LogP contribution in [-0.4, -0.2) is 11.9 Å². The summed E-state index contributed by atoms with van der Waals surface area (Å²) < 4.78 is 1.11. The average molecular weight is 290 g/mol. The zero-order valence-electron chi connectivity index (χ0n) is 12.3. The van der Waals surface area contributed by atoms with Crippen LogP contribution < -0.4 is 11.1 Å². The van der Waals surface area contributed by atoms with Gasteiger partial charge in [-0.15, -0.1) is 11.3 Å². The van der Waals surface area contributed by atoms with Crippen molar-refractivity contribution in [3.63, 3.8) is 0 Å². The number of rotatable bonds is 5. The Kier molecular flexibility index (Phi) is 4.65. The summed E-state index contributed by atoms with van der Waals surface area (Å²) >= 11 is 1.49. The molecule has 0 fully saturated rings. The predicted octanol–water partition coefficient (Wildman–Crippen LogP) is 4.10. The fraction of sp³-hybridized carbons (Fsp3) is 0.438. The maximum Gasteiger partial charge on any atom is 0.263 e. The molecule has 1 aromatic heterocycles. The van der Waals surface area contributed by atoms with Gasteiger partial charge in [0.25, 0.3) is 5.91 Å². The number of unbranched alkanes of at least 4 members (excludes halogenated alkanes) is 1. The molecule has 0 saturated carbocycles. The number of hydrogen-bond acceptors (Lipinski definition) is 3. The lowest BCUT2D eigenvalue weighted by atomic mass is 10.1. The smallest absolute Gasteiger partial charge is 0.263 e. The molecule has 0 aliphatic rings. The molecule has 3 N–H and O–H groups in total. The number of thiophene rings is 1. The summed E-state index contributed by atoms with van der Waals surface area (Å²) in [6.45, 7) is 6.24. The Morgan fingerprint density at radius 1 is 1.45 bits per heavy atom. The summed E-state index contributed by atoms with van der Waals surface area (Å²) in [5.41, 5.74) is 7.90. The highest BCUT2D eigenvalue weighted by Gasteiger charge is 2.18. The van der Waals surface area contributed by atoms with Gasteiger partial charge in [0.1, 0.15) is 4.88 Å². The predicted molar refractivity (Wildman–Crippen MR) is 87.4 cm³/mol. The lowest BCUT2D eigenvalue weighted by molar-refractivity contribution is 0.0943. The summed E-state index contributed by atoms with van der Waals surface area (Å²) in [4.78, 5) is 13.0. The van der Waals surface area contributed by atoms with Gasteiger partial charge in [0, 0.05) is 16.1 Å². The molecule has 2 aromatic rings. The normalized spacial score (nSPS) is 12.6. The van der Waals surface area contributed by atoms with Crippen molar-refractivity contribution >= 4 is 33.0 Å². The molecule has 1 amide bonds. The molecule has 0 saturated heterocycles. The standard InChI is InChI=1S/C16H22N2OS/c1-4-5-8-11(3)18-16(19)15-13(17)12-9-6-7-10(2)14(12)20-15/h6-7,9,11H,4-5,8,17H2,1-3H3,(H,18,19). The molecule has 0 spiro atoms. The summed E-state index contributed by atoms with van der Waals surface area (Å²) in [5, 5.41) is 4.03. The number of hydrogen-bond donors (Lipinski definition) is 2. The number of amides is 1. The number of carbonyl (C=O) groups excluding carboxylic acids is 1. The maximum absolute atomic E-state index is 12.3. The van der Waals surface area contributed by atoms with E-state index in [1.807, 2.05) is 32.0 Å². The first-order valence-corrected chi connectivity index (χ1v) is 7.94. The van der Waals surface area contributed by atoms with Gasteiger partial charge < -0.3 is 11.1 Å². The second-order valence-corrected chi connectivity index (χ2v) is 6.33. The van der Waals surface area contributed by atoms with E-state index in [4.69, 9.17) is 5.73 Å². The Bertz CT molecular complexity index is 618. The molecule has 1 atom stereocenters. The van der Waals surface area contributed by atoms with Crippen LogP contribution in [0.15, 0.2) is 18.2 Å². The fourth-order valence-electron chi connectivity index (χ4n) is 2.32. The fourth-order valence-corrected chi connectivity index (χ4v) is 3.41. The summed E-state index contributed by atoms with van der Waals surface area (Å²) in [7, 11) is 0. The molecular formula is C16H22N2OS. The Labute approximate surface area is 124 Å². The molecule has 20 heavy (non-hydrogen) atoms. The van der Waals surface area contributed by atoms with E-state index in [0.29, 0.717) is 10.6 Å². The zero-order valence-corrected chi connectivity index (χ0v) is 13.1. The van der Waals surface area contributed by atoms with E-state index in [0.717, 1.165) is 34.9 Å². The number of nitrogen functional groups attached to an aromatic ring is 1. The molecule has 0 radical (unpaired) electrons. The van der Waals surface area contributed by atoms with Gasteiger partial charge in [0.2, 0.25) is 0 Å². The van der Waals surface area contributed by atoms with E-state index < -0.39 is 0 Å². The van der Waals surface area contributed by atoms with E-state index in [9.17, 15) is 4.79 Å². The van der Waals surface area contributed by atoms with E-state index in [1.54, 1.807) is 0 Å². The Hall–Kier alpha value is -1.55. The third-order valence-corrected chi connectivity index (χ3v) is 4.88. The molecule has 1 heterocycles. The van der Waals surface area contributed by atoms with Crippen molar-refractivity contribution in [1.82, 2.24) is 5.32 Å². The second-order valence-electron chi connectivity index (χ2n) is 5.31. The molecule has 3 nitrogen and oxygen atoms in total. The van der Waals surface area contributed by atoms with Crippen LogP contribution in [0.4, 0.5) is 5.69 Å². The van der Waals surface area contributed by atoms with E-state index in [-0.39, 0.29) is 11.9 Å². The Balaban J connectivity index is 2.22. The lowest BCUT2D eigenvalue weighted by Gasteiger charge is -2.12. The van der Waals surface area contributed by atoms with E-state index >= 15 is 0 Å². The number of aryl methyl sites for hydroxylation is 1. The molecule has 4 heteroatoms. The first-order chi connectivity index (χ1) is 9.54. The first-order valence-electron chi connectivity index (χ1n) is 7.13. The number of nitrogens with two attached hydrogens (primary N) is 1. The van der Waals surface area contributed by atoms with E-state index in [2.05, 4.69) is 12.2 Å². The number of benzene rings is 1. The van der Waals surface area contributed by atoms with Crippen LogP contribution in [0.5, 0.6) is 0 Å². The summed E-state index contributed by atoms with van der Waals surface area (Å²) in [6.07, 6.45) is 3.28. The van der Waals surface area contributed by atoms with Gasteiger partial charge in [0.05, 0.1) is 5.69 Å². The SMILES string of the molecule is CCCCC(C)NC(=O)c1sc2c(C)cccc2c1N. The molecular weight excluding hydrogens is 268 g/mol. The molecule has 0 aliphatic heterocycles. The van der Waals surface area contributed by atoms with Crippen LogP contribution >= 0.6 is 11.3 Å². The number of fused-ring (bicyclic) bond motifs is 1. The van der Waals surface area contributed by atoms with Gasteiger partial charge in [-0.3, -0.25) is 4.79 Å². The van der Waals surface area contributed by atoms with Crippen molar-refractivity contribution in [3.05, 3.63) is 28.6 Å². The third-order valence-electron chi connectivity index (χ3n) is 3.53. The second kappa shape index (κ2) is 6.27. The van der Waals surface area contributed by atoms with Crippen LogP contribution in [0.2, 0.25) is 0 Å². The van der Waals surface area contributed by atoms with Crippen molar-refractivity contribution < 1.29 is 4.79 Å². The van der Waals surface area contributed by atoms with Crippen LogP contribution in [0.1, 0.15) is 48.3 Å². The van der Waals surface area contributed by atoms with E-state index in [1.165, 1.54) is 11.3 Å². The molecule has 2 rings (SSSR count). The van der Waals surface area contributed by atoms with Crippen LogP contribution in [0.3, 0.4) is 0 Å². The maximum atomic E-state index is 12.3. The summed E-state index contributed by atoms with van der Waals surface area (Å²) in [6, 6.07) is 6.19.